The number of Topliss-reactive ketones (excluding diaryl/α,β-unsaturated/α-hetero) is 2. The maximum Gasteiger partial charge on any atom is 0.190 e. The molecule has 0 aromatic rings. The van der Waals surface area contributed by atoms with Crippen molar-refractivity contribution in [2.45, 2.75) is 64.9 Å². The van der Waals surface area contributed by atoms with Crippen molar-refractivity contribution in [1.82, 2.24) is 0 Å². The zero-order chi connectivity index (χ0) is 19.8. The smallest absolute Gasteiger partial charge is 0.190 e. The molecule has 4 rings (SSSR count). The first-order chi connectivity index (χ1) is 12.6. The van der Waals surface area contributed by atoms with Crippen LogP contribution >= 0.6 is 0 Å². The fourth-order valence-electron chi connectivity index (χ4n) is 7.41. The van der Waals surface area contributed by atoms with Gasteiger partial charge in [-0.3, -0.25) is 14.4 Å². The number of carbonyl (C=O) groups excluding carboxylic acids is 3. The zero-order valence-electron chi connectivity index (χ0n) is 16.5. The average Bonchev–Trinajstić information content (AvgIpc) is 2.87. The topological polar surface area (TPSA) is 91.7 Å². The number of allylic oxidation sites excluding steroid dienone is 1. The SMILES string of the molecule is CC1C[C@@H]2[C@H](C(=O)C[C@@]3(C)[C@H]2CC[C@]3(O)C(=O)CO)[C@@]2(C)CCC(=O)C=C12. The van der Waals surface area contributed by atoms with Crippen LogP contribution in [0.3, 0.4) is 0 Å². The van der Waals surface area contributed by atoms with Crippen LogP contribution in [0.2, 0.25) is 0 Å². The Morgan fingerprint density at radius 1 is 1.26 bits per heavy atom. The summed E-state index contributed by atoms with van der Waals surface area (Å²) in [5.41, 5.74) is -1.60. The summed E-state index contributed by atoms with van der Waals surface area (Å²) in [4.78, 5) is 37.8. The monoisotopic (exact) mass is 374 g/mol. The molecule has 4 aliphatic rings. The zero-order valence-corrected chi connectivity index (χ0v) is 16.5. The largest absolute Gasteiger partial charge is 0.388 e. The van der Waals surface area contributed by atoms with E-state index in [0.29, 0.717) is 25.7 Å². The number of aliphatic hydroxyl groups excluding tert-OH is 1. The van der Waals surface area contributed by atoms with E-state index in [1.807, 2.05) is 6.92 Å². The van der Waals surface area contributed by atoms with E-state index in [4.69, 9.17) is 0 Å². The Bertz CT molecular complexity index is 754. The second-order valence-corrected chi connectivity index (χ2v) is 9.91. The van der Waals surface area contributed by atoms with Gasteiger partial charge in [0.25, 0.3) is 0 Å². The van der Waals surface area contributed by atoms with Crippen molar-refractivity contribution in [1.29, 1.82) is 0 Å². The molecule has 4 aliphatic carbocycles. The van der Waals surface area contributed by atoms with Crippen molar-refractivity contribution in [3.05, 3.63) is 11.6 Å². The van der Waals surface area contributed by atoms with Gasteiger partial charge in [0.15, 0.2) is 11.6 Å². The molecule has 0 bridgehead atoms. The van der Waals surface area contributed by atoms with Crippen LogP contribution in [-0.2, 0) is 14.4 Å². The molecule has 0 spiro atoms. The minimum Gasteiger partial charge on any atom is -0.388 e. The number of hydrogen-bond donors (Lipinski definition) is 2. The Balaban J connectivity index is 1.78. The third kappa shape index (κ3) is 2.27. The fraction of sp³-hybridized carbons (Fsp3) is 0.773. The molecular weight excluding hydrogens is 344 g/mol. The van der Waals surface area contributed by atoms with Gasteiger partial charge in [0.2, 0.25) is 0 Å². The van der Waals surface area contributed by atoms with Gasteiger partial charge >= 0.3 is 0 Å². The van der Waals surface area contributed by atoms with Gasteiger partial charge in [0.05, 0.1) is 0 Å². The van der Waals surface area contributed by atoms with Crippen molar-refractivity contribution in [2.75, 3.05) is 6.61 Å². The molecule has 27 heavy (non-hydrogen) atoms. The summed E-state index contributed by atoms with van der Waals surface area (Å²) in [5, 5.41) is 20.6. The number of fused-ring (bicyclic) bond motifs is 5. The summed E-state index contributed by atoms with van der Waals surface area (Å²) in [5.74, 6) is -0.0151. The van der Waals surface area contributed by atoms with E-state index >= 15 is 0 Å². The molecule has 7 atom stereocenters. The molecule has 2 N–H and O–H groups in total. The van der Waals surface area contributed by atoms with E-state index in [1.165, 1.54) is 0 Å². The molecule has 148 valence electrons. The molecule has 0 heterocycles. The second kappa shape index (κ2) is 5.84. The normalized spacial score (nSPS) is 49.1. The van der Waals surface area contributed by atoms with E-state index in [-0.39, 0.29) is 47.1 Å². The lowest BCUT2D eigenvalue weighted by molar-refractivity contribution is -0.171. The summed E-state index contributed by atoms with van der Waals surface area (Å²) >= 11 is 0. The summed E-state index contributed by atoms with van der Waals surface area (Å²) in [6, 6.07) is 0. The third-order valence-corrected chi connectivity index (χ3v) is 8.73. The molecule has 5 nitrogen and oxygen atoms in total. The fourth-order valence-corrected chi connectivity index (χ4v) is 7.41. The highest BCUT2D eigenvalue weighted by Crippen LogP contribution is 2.67. The predicted molar refractivity (Wildman–Crippen MR) is 98.7 cm³/mol. The van der Waals surface area contributed by atoms with E-state index in [1.54, 1.807) is 6.08 Å². The Labute approximate surface area is 160 Å². The predicted octanol–water partition coefficient (Wildman–Crippen LogP) is 2.24. The first kappa shape index (κ1) is 19.0. The molecule has 0 aromatic carbocycles. The second-order valence-electron chi connectivity index (χ2n) is 9.91. The van der Waals surface area contributed by atoms with Gasteiger partial charge in [-0.05, 0) is 54.9 Å². The molecular formula is C22H30O5. The number of hydrogen-bond acceptors (Lipinski definition) is 5. The molecule has 0 aliphatic heterocycles. The van der Waals surface area contributed by atoms with Gasteiger partial charge in [-0.15, -0.1) is 0 Å². The van der Waals surface area contributed by atoms with Crippen LogP contribution in [0.1, 0.15) is 59.3 Å². The van der Waals surface area contributed by atoms with E-state index in [2.05, 4.69) is 13.8 Å². The molecule has 5 heteroatoms. The lowest BCUT2D eigenvalue weighted by atomic mass is 9.44. The van der Waals surface area contributed by atoms with Crippen LogP contribution in [0, 0.1) is 34.5 Å². The highest BCUT2D eigenvalue weighted by Gasteiger charge is 2.68. The van der Waals surface area contributed by atoms with Crippen LogP contribution in [-0.4, -0.2) is 39.8 Å². The van der Waals surface area contributed by atoms with Gasteiger partial charge in [0, 0.05) is 24.2 Å². The minimum atomic E-state index is -1.62. The van der Waals surface area contributed by atoms with Crippen LogP contribution in [0.25, 0.3) is 0 Å². The molecule has 1 unspecified atom stereocenters. The molecule has 0 radical (unpaired) electrons. The maximum atomic E-state index is 13.4. The maximum absolute atomic E-state index is 13.4. The lowest BCUT2D eigenvalue weighted by Gasteiger charge is -2.59. The Morgan fingerprint density at radius 2 is 1.96 bits per heavy atom. The number of carbonyl (C=O) groups is 3. The third-order valence-electron chi connectivity index (χ3n) is 8.73. The molecule has 0 saturated heterocycles. The highest BCUT2D eigenvalue weighted by molar-refractivity contribution is 5.94. The van der Waals surface area contributed by atoms with Crippen LogP contribution < -0.4 is 0 Å². The molecule has 3 fully saturated rings. The Kier molecular flexibility index (Phi) is 4.11. The van der Waals surface area contributed by atoms with Gasteiger partial charge in [-0.2, -0.15) is 0 Å². The van der Waals surface area contributed by atoms with Gasteiger partial charge in [-0.1, -0.05) is 26.3 Å². The summed E-state index contributed by atoms with van der Waals surface area (Å²) in [6.07, 6.45) is 4.98. The Morgan fingerprint density at radius 3 is 2.63 bits per heavy atom. The minimum absolute atomic E-state index is 0.0825. The Hall–Kier alpha value is -1.33. The van der Waals surface area contributed by atoms with E-state index in [9.17, 15) is 24.6 Å². The van der Waals surface area contributed by atoms with E-state index < -0.39 is 23.4 Å². The van der Waals surface area contributed by atoms with Crippen LogP contribution in [0.5, 0.6) is 0 Å². The number of aliphatic hydroxyl groups is 2. The highest BCUT2D eigenvalue weighted by atomic mass is 16.3. The van der Waals surface area contributed by atoms with Crippen LogP contribution in [0.15, 0.2) is 11.6 Å². The van der Waals surface area contributed by atoms with Crippen LogP contribution in [0.4, 0.5) is 0 Å². The van der Waals surface area contributed by atoms with Gasteiger partial charge in [0.1, 0.15) is 18.0 Å². The lowest BCUT2D eigenvalue weighted by Crippen LogP contribution is -2.61. The first-order valence-electron chi connectivity index (χ1n) is 10.2. The van der Waals surface area contributed by atoms with Crippen molar-refractivity contribution < 1.29 is 24.6 Å². The average molecular weight is 374 g/mol. The summed E-state index contributed by atoms with van der Waals surface area (Å²) in [6.45, 7) is 5.45. The van der Waals surface area contributed by atoms with Crippen molar-refractivity contribution >= 4 is 17.3 Å². The number of ketones is 3. The standard InChI is InChI=1S/C22H30O5/c1-12-8-14-15-5-7-22(27,18(26)11-23)21(15,3)10-17(25)19(14)20(2)6-4-13(24)9-16(12)20/h9,12,14-15,19,23,27H,4-8,10-11H2,1-3H3/t12?,14-,15-,19+,20-,21-,22-/m0/s1. The first-order valence-corrected chi connectivity index (χ1v) is 10.2. The quantitative estimate of drug-likeness (QED) is 0.773. The van der Waals surface area contributed by atoms with Crippen molar-refractivity contribution in [3.63, 3.8) is 0 Å². The summed E-state index contributed by atoms with van der Waals surface area (Å²) in [7, 11) is 0. The summed E-state index contributed by atoms with van der Waals surface area (Å²) < 4.78 is 0. The molecule has 0 amide bonds. The van der Waals surface area contributed by atoms with Gasteiger partial charge in [-0.25, -0.2) is 0 Å². The van der Waals surface area contributed by atoms with E-state index in [0.717, 1.165) is 12.0 Å². The number of rotatable bonds is 2. The van der Waals surface area contributed by atoms with Crippen molar-refractivity contribution in [2.24, 2.45) is 34.5 Å². The molecule has 0 aromatic heterocycles. The van der Waals surface area contributed by atoms with Crippen molar-refractivity contribution in [3.8, 4) is 0 Å². The molecule has 3 saturated carbocycles. The van der Waals surface area contributed by atoms with Gasteiger partial charge < -0.3 is 10.2 Å².